The van der Waals surface area contributed by atoms with Gasteiger partial charge in [-0.05, 0) is 36.1 Å². The minimum absolute atomic E-state index is 0.0955. The second-order valence-corrected chi connectivity index (χ2v) is 4.47. The van der Waals surface area contributed by atoms with E-state index in [0.29, 0.717) is 6.61 Å². The molecule has 2 N–H and O–H groups in total. The van der Waals surface area contributed by atoms with E-state index < -0.39 is 0 Å². The lowest BCUT2D eigenvalue weighted by atomic mass is 10.0. The molecule has 0 amide bonds. The summed E-state index contributed by atoms with van der Waals surface area (Å²) >= 11 is 0. The lowest BCUT2D eigenvalue weighted by molar-refractivity contribution is 0.315. The molecule has 0 saturated carbocycles. The molecule has 2 aromatic heterocycles. The summed E-state index contributed by atoms with van der Waals surface area (Å²) < 4.78 is 5.57. The van der Waals surface area contributed by atoms with Crippen molar-refractivity contribution in [3.05, 3.63) is 54.1 Å². The van der Waals surface area contributed by atoms with Crippen LogP contribution in [0.25, 0.3) is 0 Å². The summed E-state index contributed by atoms with van der Waals surface area (Å²) in [6.45, 7) is 2.77. The molecular formula is C15H19N3O. The van der Waals surface area contributed by atoms with Crippen LogP contribution < -0.4 is 10.5 Å². The molecule has 1 atom stereocenters. The number of aromatic nitrogens is 2. The van der Waals surface area contributed by atoms with Crippen LogP contribution in [0.1, 0.15) is 30.5 Å². The maximum absolute atomic E-state index is 6.20. The Morgan fingerprint density at radius 1 is 1.26 bits per heavy atom. The maximum atomic E-state index is 6.20. The average Bonchev–Trinajstić information content (AvgIpc) is 2.46. The number of nitrogens with zero attached hydrogens (tertiary/aromatic N) is 2. The van der Waals surface area contributed by atoms with Gasteiger partial charge in [0.1, 0.15) is 5.75 Å². The molecule has 0 aliphatic carbocycles. The van der Waals surface area contributed by atoms with Crippen molar-refractivity contribution in [2.75, 3.05) is 6.61 Å². The Balaban J connectivity index is 2.04. The van der Waals surface area contributed by atoms with Crippen molar-refractivity contribution in [2.45, 2.75) is 25.8 Å². The molecule has 2 heterocycles. The highest BCUT2D eigenvalue weighted by molar-refractivity contribution is 5.27. The molecule has 1 unspecified atom stereocenters. The van der Waals surface area contributed by atoms with Crippen LogP contribution in [0.5, 0.6) is 5.75 Å². The van der Waals surface area contributed by atoms with Crippen molar-refractivity contribution >= 4 is 0 Å². The van der Waals surface area contributed by atoms with Gasteiger partial charge in [-0.2, -0.15) is 0 Å². The quantitative estimate of drug-likeness (QED) is 0.863. The average molecular weight is 257 g/mol. The Kier molecular flexibility index (Phi) is 4.86. The number of hydrogen-bond donors (Lipinski definition) is 1. The standard InChI is InChI=1S/C15H19N3O/c1-2-6-19-14-8-13(10-18-11-14)15(16)7-12-4-3-5-17-9-12/h3-5,8-11,15H,2,6-7,16H2,1H3. The summed E-state index contributed by atoms with van der Waals surface area (Å²) in [6, 6.07) is 5.81. The minimum atomic E-state index is -0.0955. The molecule has 0 radical (unpaired) electrons. The first-order chi connectivity index (χ1) is 9.29. The Labute approximate surface area is 113 Å². The third kappa shape index (κ3) is 4.03. The molecular weight excluding hydrogens is 238 g/mol. The van der Waals surface area contributed by atoms with E-state index in [1.54, 1.807) is 18.6 Å². The predicted molar refractivity (Wildman–Crippen MR) is 74.9 cm³/mol. The molecule has 4 heteroatoms. The summed E-state index contributed by atoms with van der Waals surface area (Å²) in [5.41, 5.74) is 8.31. The Bertz CT molecular complexity index is 502. The van der Waals surface area contributed by atoms with Crippen molar-refractivity contribution in [3.8, 4) is 5.75 Å². The van der Waals surface area contributed by atoms with Gasteiger partial charge in [0.05, 0.1) is 12.8 Å². The van der Waals surface area contributed by atoms with E-state index in [4.69, 9.17) is 10.5 Å². The van der Waals surface area contributed by atoms with E-state index in [-0.39, 0.29) is 6.04 Å². The summed E-state index contributed by atoms with van der Waals surface area (Å²) in [6.07, 6.45) is 8.83. The largest absolute Gasteiger partial charge is 0.492 e. The summed E-state index contributed by atoms with van der Waals surface area (Å²) in [5.74, 6) is 0.779. The lowest BCUT2D eigenvalue weighted by Crippen LogP contribution is -2.14. The first-order valence-electron chi connectivity index (χ1n) is 6.52. The highest BCUT2D eigenvalue weighted by Gasteiger charge is 2.09. The van der Waals surface area contributed by atoms with Crippen LogP contribution >= 0.6 is 0 Å². The number of rotatable bonds is 6. The normalized spacial score (nSPS) is 12.1. The lowest BCUT2D eigenvalue weighted by Gasteiger charge is -2.13. The summed E-state index contributed by atoms with van der Waals surface area (Å²) in [7, 11) is 0. The summed E-state index contributed by atoms with van der Waals surface area (Å²) in [4.78, 5) is 8.27. The molecule has 0 aromatic carbocycles. The van der Waals surface area contributed by atoms with Crippen LogP contribution in [-0.4, -0.2) is 16.6 Å². The number of ether oxygens (including phenoxy) is 1. The number of hydrogen-bond acceptors (Lipinski definition) is 4. The van der Waals surface area contributed by atoms with Crippen LogP contribution in [0, 0.1) is 0 Å². The fraction of sp³-hybridized carbons (Fsp3) is 0.333. The molecule has 0 aliphatic rings. The third-order valence-corrected chi connectivity index (χ3v) is 2.81. The van der Waals surface area contributed by atoms with Gasteiger partial charge in [-0.25, -0.2) is 0 Å². The van der Waals surface area contributed by atoms with Gasteiger partial charge in [-0.1, -0.05) is 13.0 Å². The first-order valence-corrected chi connectivity index (χ1v) is 6.52. The monoisotopic (exact) mass is 257 g/mol. The fourth-order valence-corrected chi connectivity index (χ4v) is 1.83. The maximum Gasteiger partial charge on any atom is 0.137 e. The van der Waals surface area contributed by atoms with E-state index in [0.717, 1.165) is 29.7 Å². The highest BCUT2D eigenvalue weighted by Crippen LogP contribution is 2.19. The minimum Gasteiger partial charge on any atom is -0.492 e. The third-order valence-electron chi connectivity index (χ3n) is 2.81. The molecule has 0 saturated heterocycles. The van der Waals surface area contributed by atoms with Crippen molar-refractivity contribution in [1.29, 1.82) is 0 Å². The van der Waals surface area contributed by atoms with E-state index in [9.17, 15) is 0 Å². The van der Waals surface area contributed by atoms with Gasteiger partial charge in [0, 0.05) is 24.6 Å². The van der Waals surface area contributed by atoms with Gasteiger partial charge in [0.15, 0.2) is 0 Å². The highest BCUT2D eigenvalue weighted by atomic mass is 16.5. The molecule has 2 rings (SSSR count). The number of pyridine rings is 2. The molecule has 19 heavy (non-hydrogen) atoms. The van der Waals surface area contributed by atoms with Crippen molar-refractivity contribution in [1.82, 2.24) is 9.97 Å². The molecule has 4 nitrogen and oxygen atoms in total. The van der Waals surface area contributed by atoms with Crippen LogP contribution in [0.3, 0.4) is 0 Å². The molecule has 0 spiro atoms. The van der Waals surface area contributed by atoms with Crippen molar-refractivity contribution in [2.24, 2.45) is 5.73 Å². The first kappa shape index (κ1) is 13.5. The second kappa shape index (κ2) is 6.85. The SMILES string of the molecule is CCCOc1cncc(C(N)Cc2cccnc2)c1. The van der Waals surface area contributed by atoms with E-state index in [1.165, 1.54) is 0 Å². The topological polar surface area (TPSA) is 61.0 Å². The smallest absolute Gasteiger partial charge is 0.137 e. The predicted octanol–water partition coefficient (Wildman–Crippen LogP) is 2.51. The van der Waals surface area contributed by atoms with Gasteiger partial charge < -0.3 is 10.5 Å². The van der Waals surface area contributed by atoms with Gasteiger partial charge in [0.2, 0.25) is 0 Å². The van der Waals surface area contributed by atoms with Crippen LogP contribution in [-0.2, 0) is 6.42 Å². The van der Waals surface area contributed by atoms with Gasteiger partial charge in [-0.3, -0.25) is 9.97 Å². The Morgan fingerprint density at radius 2 is 2.16 bits per heavy atom. The molecule has 0 aliphatic heterocycles. The van der Waals surface area contributed by atoms with Crippen LogP contribution in [0.15, 0.2) is 43.0 Å². The molecule has 0 fully saturated rings. The van der Waals surface area contributed by atoms with Crippen LogP contribution in [0.4, 0.5) is 0 Å². The van der Waals surface area contributed by atoms with E-state index in [2.05, 4.69) is 16.9 Å². The zero-order valence-corrected chi connectivity index (χ0v) is 11.1. The molecule has 100 valence electrons. The van der Waals surface area contributed by atoms with Gasteiger partial charge in [-0.15, -0.1) is 0 Å². The second-order valence-electron chi connectivity index (χ2n) is 4.47. The van der Waals surface area contributed by atoms with Gasteiger partial charge in [0.25, 0.3) is 0 Å². The zero-order chi connectivity index (χ0) is 13.5. The Hall–Kier alpha value is -1.94. The van der Waals surface area contributed by atoms with E-state index in [1.807, 2.05) is 24.4 Å². The van der Waals surface area contributed by atoms with Crippen molar-refractivity contribution < 1.29 is 4.74 Å². The Morgan fingerprint density at radius 3 is 2.89 bits per heavy atom. The number of nitrogens with two attached hydrogens (primary N) is 1. The van der Waals surface area contributed by atoms with Gasteiger partial charge >= 0.3 is 0 Å². The molecule has 0 bridgehead atoms. The molecule has 2 aromatic rings. The summed E-state index contributed by atoms with van der Waals surface area (Å²) in [5, 5.41) is 0. The zero-order valence-electron chi connectivity index (χ0n) is 11.1. The van der Waals surface area contributed by atoms with Crippen molar-refractivity contribution in [3.63, 3.8) is 0 Å². The van der Waals surface area contributed by atoms with Crippen LogP contribution in [0.2, 0.25) is 0 Å². The fourth-order valence-electron chi connectivity index (χ4n) is 1.83. The van der Waals surface area contributed by atoms with E-state index >= 15 is 0 Å².